The highest BCUT2D eigenvalue weighted by Crippen LogP contribution is 2.33. The van der Waals surface area contributed by atoms with Crippen LogP contribution in [0.2, 0.25) is 0 Å². The van der Waals surface area contributed by atoms with Crippen LogP contribution in [0.5, 0.6) is 0 Å². The third-order valence-corrected chi connectivity index (χ3v) is 3.21. The van der Waals surface area contributed by atoms with Gasteiger partial charge in [0.15, 0.2) is 0 Å². The van der Waals surface area contributed by atoms with E-state index in [-0.39, 0.29) is 6.04 Å². The van der Waals surface area contributed by atoms with Gasteiger partial charge in [0.2, 0.25) is 0 Å². The van der Waals surface area contributed by atoms with Gasteiger partial charge < -0.3 is 20.5 Å². The molecule has 1 rings (SSSR count). The van der Waals surface area contributed by atoms with Crippen molar-refractivity contribution in [2.75, 3.05) is 13.7 Å². The molecule has 0 saturated heterocycles. The normalized spacial score (nSPS) is 17.6. The van der Waals surface area contributed by atoms with E-state index < -0.39 is 18.0 Å². The van der Waals surface area contributed by atoms with Gasteiger partial charge in [0.25, 0.3) is 0 Å². The number of amides is 2. The third kappa shape index (κ3) is 6.42. The van der Waals surface area contributed by atoms with E-state index in [0.717, 1.165) is 25.7 Å². The van der Waals surface area contributed by atoms with Crippen LogP contribution in [0.3, 0.4) is 0 Å². The molecule has 19 heavy (non-hydrogen) atoms. The third-order valence-electron chi connectivity index (χ3n) is 3.21. The molecule has 0 spiro atoms. The fourth-order valence-corrected chi connectivity index (χ4v) is 2.04. The van der Waals surface area contributed by atoms with E-state index in [1.807, 2.05) is 6.92 Å². The first-order valence-electron chi connectivity index (χ1n) is 6.85. The molecule has 0 aromatic rings. The van der Waals surface area contributed by atoms with Gasteiger partial charge in [-0.1, -0.05) is 26.2 Å². The minimum atomic E-state index is -0.971. The summed E-state index contributed by atoms with van der Waals surface area (Å²) in [5.74, 6) is -0.521. The van der Waals surface area contributed by atoms with E-state index in [1.165, 1.54) is 0 Å². The topological polar surface area (TPSA) is 87.7 Å². The van der Waals surface area contributed by atoms with E-state index in [4.69, 9.17) is 9.84 Å². The Balaban J connectivity index is 2.38. The van der Waals surface area contributed by atoms with Gasteiger partial charge in [0, 0.05) is 7.11 Å². The minimum absolute atomic E-state index is 0.0784. The number of methoxy groups -OCH3 is 1. The minimum Gasteiger partial charge on any atom is -0.480 e. The lowest BCUT2D eigenvalue weighted by Gasteiger charge is -2.20. The zero-order chi connectivity index (χ0) is 14.3. The number of carboxylic acid groups (broad SMARTS) is 1. The number of carboxylic acids is 1. The number of hydrogen-bond acceptors (Lipinski definition) is 3. The molecule has 6 heteroatoms. The summed E-state index contributed by atoms with van der Waals surface area (Å²) in [6.07, 6.45) is 4.39. The van der Waals surface area contributed by atoms with Gasteiger partial charge in [-0.15, -0.1) is 0 Å². The quantitative estimate of drug-likeness (QED) is 0.591. The summed E-state index contributed by atoms with van der Waals surface area (Å²) >= 11 is 0. The molecule has 110 valence electrons. The van der Waals surface area contributed by atoms with E-state index >= 15 is 0 Å². The number of aliphatic carboxylic acids is 1. The Morgan fingerprint density at radius 1 is 1.37 bits per heavy atom. The Morgan fingerprint density at radius 3 is 2.53 bits per heavy atom. The predicted molar refractivity (Wildman–Crippen MR) is 71.0 cm³/mol. The fraction of sp³-hybridized carbons (Fsp3) is 0.846. The molecule has 0 bridgehead atoms. The van der Waals surface area contributed by atoms with Crippen LogP contribution in [0, 0.1) is 5.92 Å². The number of rotatable bonds is 9. The summed E-state index contributed by atoms with van der Waals surface area (Å²) in [5.41, 5.74) is 0. The molecule has 0 aromatic carbocycles. The van der Waals surface area contributed by atoms with E-state index in [9.17, 15) is 9.59 Å². The number of nitrogens with one attached hydrogen (secondary N) is 2. The molecule has 2 amide bonds. The SMILES string of the molecule is CCCC(COC)NC(=O)N[C@@H](CC1CC1)C(=O)O. The van der Waals surface area contributed by atoms with Crippen molar-refractivity contribution in [1.82, 2.24) is 10.6 Å². The Hall–Kier alpha value is -1.30. The lowest BCUT2D eigenvalue weighted by Crippen LogP contribution is -2.50. The summed E-state index contributed by atoms with van der Waals surface area (Å²) in [7, 11) is 1.58. The van der Waals surface area contributed by atoms with Crippen molar-refractivity contribution in [3.63, 3.8) is 0 Å². The van der Waals surface area contributed by atoms with Gasteiger partial charge in [-0.05, 0) is 18.8 Å². The number of carbonyl (C=O) groups is 2. The predicted octanol–water partition coefficient (Wildman–Crippen LogP) is 1.35. The van der Waals surface area contributed by atoms with E-state index in [2.05, 4.69) is 10.6 Å². The monoisotopic (exact) mass is 272 g/mol. The van der Waals surface area contributed by atoms with Crippen LogP contribution in [0.25, 0.3) is 0 Å². The van der Waals surface area contributed by atoms with Crippen molar-refractivity contribution in [3.05, 3.63) is 0 Å². The lowest BCUT2D eigenvalue weighted by atomic mass is 10.1. The second-order valence-corrected chi connectivity index (χ2v) is 5.13. The van der Waals surface area contributed by atoms with Crippen molar-refractivity contribution in [3.8, 4) is 0 Å². The molecule has 1 unspecified atom stereocenters. The maximum Gasteiger partial charge on any atom is 0.326 e. The number of urea groups is 1. The van der Waals surface area contributed by atoms with Crippen LogP contribution in [-0.4, -0.2) is 42.9 Å². The van der Waals surface area contributed by atoms with Gasteiger partial charge in [-0.2, -0.15) is 0 Å². The van der Waals surface area contributed by atoms with Gasteiger partial charge in [-0.3, -0.25) is 0 Å². The molecule has 0 heterocycles. The zero-order valence-corrected chi connectivity index (χ0v) is 11.6. The van der Waals surface area contributed by atoms with E-state index in [1.54, 1.807) is 7.11 Å². The average molecular weight is 272 g/mol. The number of carbonyl (C=O) groups excluding carboxylic acids is 1. The largest absolute Gasteiger partial charge is 0.480 e. The van der Waals surface area contributed by atoms with Crippen LogP contribution in [0.1, 0.15) is 39.0 Å². The maximum atomic E-state index is 11.8. The van der Waals surface area contributed by atoms with Crippen LogP contribution < -0.4 is 10.6 Å². The molecular weight excluding hydrogens is 248 g/mol. The van der Waals surface area contributed by atoms with E-state index in [0.29, 0.717) is 18.9 Å². The first-order chi connectivity index (χ1) is 9.06. The maximum absolute atomic E-state index is 11.8. The summed E-state index contributed by atoms with van der Waals surface area (Å²) in [4.78, 5) is 22.8. The van der Waals surface area contributed by atoms with Crippen LogP contribution in [0.4, 0.5) is 4.79 Å². The average Bonchev–Trinajstić information content (AvgIpc) is 3.12. The molecule has 0 radical (unpaired) electrons. The summed E-state index contributed by atoms with van der Waals surface area (Å²) in [6, 6.07) is -1.30. The summed E-state index contributed by atoms with van der Waals surface area (Å²) in [5, 5.41) is 14.4. The Labute approximate surface area is 113 Å². The summed E-state index contributed by atoms with van der Waals surface area (Å²) in [6.45, 7) is 2.46. The molecule has 1 aliphatic rings. The van der Waals surface area contributed by atoms with Gasteiger partial charge in [-0.25, -0.2) is 9.59 Å². The van der Waals surface area contributed by atoms with Crippen molar-refractivity contribution < 1.29 is 19.4 Å². The van der Waals surface area contributed by atoms with Crippen molar-refractivity contribution in [1.29, 1.82) is 0 Å². The molecule has 2 atom stereocenters. The lowest BCUT2D eigenvalue weighted by molar-refractivity contribution is -0.139. The van der Waals surface area contributed by atoms with Crippen LogP contribution in [0.15, 0.2) is 0 Å². The van der Waals surface area contributed by atoms with Gasteiger partial charge in [0.1, 0.15) is 6.04 Å². The Bertz CT molecular complexity index is 299. The zero-order valence-electron chi connectivity index (χ0n) is 11.6. The number of ether oxygens (including phenoxy) is 1. The second kappa shape index (κ2) is 7.99. The fourth-order valence-electron chi connectivity index (χ4n) is 2.04. The highest BCUT2D eigenvalue weighted by Gasteiger charge is 2.30. The molecule has 0 aromatic heterocycles. The first kappa shape index (κ1) is 15.8. The van der Waals surface area contributed by atoms with Gasteiger partial charge in [0.05, 0.1) is 12.6 Å². The molecule has 1 saturated carbocycles. The molecule has 0 aliphatic heterocycles. The molecule has 1 fully saturated rings. The van der Waals surface area contributed by atoms with Crippen molar-refractivity contribution >= 4 is 12.0 Å². The standard InChI is InChI=1S/C13H24N2O4/c1-3-4-10(8-19-2)14-13(18)15-11(12(16)17)7-9-5-6-9/h9-11H,3-8H2,1-2H3,(H,16,17)(H2,14,15,18)/t10?,11-/m0/s1. The molecular formula is C13H24N2O4. The Morgan fingerprint density at radius 2 is 2.05 bits per heavy atom. The second-order valence-electron chi connectivity index (χ2n) is 5.13. The molecule has 1 aliphatic carbocycles. The highest BCUT2D eigenvalue weighted by molar-refractivity contribution is 5.82. The number of hydrogen-bond donors (Lipinski definition) is 3. The van der Waals surface area contributed by atoms with Gasteiger partial charge >= 0.3 is 12.0 Å². The summed E-state index contributed by atoms with van der Waals surface area (Å²) < 4.78 is 5.03. The van der Waals surface area contributed by atoms with Crippen molar-refractivity contribution in [2.24, 2.45) is 5.92 Å². The van der Waals surface area contributed by atoms with Crippen LogP contribution >= 0.6 is 0 Å². The first-order valence-corrected chi connectivity index (χ1v) is 6.85. The molecule has 6 nitrogen and oxygen atoms in total. The highest BCUT2D eigenvalue weighted by atomic mass is 16.5. The molecule has 3 N–H and O–H groups in total. The van der Waals surface area contributed by atoms with Crippen LogP contribution in [-0.2, 0) is 9.53 Å². The van der Waals surface area contributed by atoms with Crippen molar-refractivity contribution in [2.45, 2.75) is 51.1 Å². The smallest absolute Gasteiger partial charge is 0.326 e. The Kier molecular flexibility index (Phi) is 6.62.